The van der Waals surface area contributed by atoms with Crippen LogP contribution in [0.2, 0.25) is 0 Å². The van der Waals surface area contributed by atoms with Crippen LogP contribution < -0.4 is 15.5 Å². The summed E-state index contributed by atoms with van der Waals surface area (Å²) in [6.07, 6.45) is 2.31. The molecule has 0 aliphatic rings. The van der Waals surface area contributed by atoms with E-state index in [1.165, 1.54) is 6.26 Å². The van der Waals surface area contributed by atoms with Crippen LogP contribution >= 0.6 is 0 Å². The van der Waals surface area contributed by atoms with Gasteiger partial charge in [-0.2, -0.15) is 0 Å². The number of urea groups is 1. The van der Waals surface area contributed by atoms with E-state index in [0.717, 1.165) is 17.7 Å². The molecule has 0 saturated heterocycles. The molecule has 2 aromatic rings. The fourth-order valence-corrected chi connectivity index (χ4v) is 2.91. The molecule has 2 N–H and O–H groups in total. The fraction of sp³-hybridized carbons (Fsp3) is 0.429. The minimum absolute atomic E-state index is 0.0860. The third kappa shape index (κ3) is 5.28. The van der Waals surface area contributed by atoms with Gasteiger partial charge in [0.05, 0.1) is 6.26 Å². The van der Waals surface area contributed by atoms with Crippen LogP contribution in [0.3, 0.4) is 0 Å². The van der Waals surface area contributed by atoms with Crippen molar-refractivity contribution >= 4 is 23.3 Å². The molecular weight excluding hydrogens is 356 g/mol. The van der Waals surface area contributed by atoms with Gasteiger partial charge in [-0.1, -0.05) is 6.92 Å². The maximum atomic E-state index is 12.6. The van der Waals surface area contributed by atoms with Gasteiger partial charge in [-0.25, -0.2) is 4.79 Å². The molecule has 0 radical (unpaired) electrons. The molecule has 7 heteroatoms. The number of nitrogens with zero attached hydrogens (tertiary/aromatic N) is 2. The minimum atomic E-state index is -0.309. The zero-order valence-electron chi connectivity index (χ0n) is 17.3. The Bertz CT molecular complexity index is 787. The van der Waals surface area contributed by atoms with Gasteiger partial charge in [0.2, 0.25) is 0 Å². The summed E-state index contributed by atoms with van der Waals surface area (Å²) in [6, 6.07) is 8.98. The Balaban J connectivity index is 2.31. The zero-order valence-corrected chi connectivity index (χ0v) is 17.3. The molecule has 0 saturated carbocycles. The third-order valence-corrected chi connectivity index (χ3v) is 4.62. The first-order valence-electron chi connectivity index (χ1n) is 9.56. The van der Waals surface area contributed by atoms with Crippen LogP contribution in [0, 0.1) is 0 Å². The van der Waals surface area contributed by atoms with E-state index >= 15 is 0 Å². The molecule has 1 aromatic heterocycles. The van der Waals surface area contributed by atoms with E-state index in [9.17, 15) is 9.59 Å². The summed E-state index contributed by atoms with van der Waals surface area (Å²) in [5, 5.41) is 5.74. The first kappa shape index (κ1) is 21.3. The number of hydrogen-bond donors (Lipinski definition) is 2. The van der Waals surface area contributed by atoms with Crippen LogP contribution in [0.25, 0.3) is 0 Å². The highest BCUT2D eigenvalue weighted by Crippen LogP contribution is 2.26. The van der Waals surface area contributed by atoms with Crippen LogP contribution in [0.1, 0.15) is 43.3 Å². The Morgan fingerprint density at radius 3 is 2.50 bits per heavy atom. The number of nitrogens with one attached hydrogen (secondary N) is 2. The third-order valence-electron chi connectivity index (χ3n) is 4.62. The monoisotopic (exact) mass is 386 g/mol. The van der Waals surface area contributed by atoms with Crippen LogP contribution in [-0.2, 0) is 6.54 Å². The number of anilines is 2. The number of hydrogen-bond acceptors (Lipinski definition) is 4. The molecule has 1 atom stereocenters. The largest absolute Gasteiger partial charge is 0.459 e. The summed E-state index contributed by atoms with van der Waals surface area (Å²) in [5.41, 5.74) is 2.60. The van der Waals surface area contributed by atoms with E-state index in [0.29, 0.717) is 18.8 Å². The van der Waals surface area contributed by atoms with Crippen molar-refractivity contribution in [2.24, 2.45) is 0 Å². The van der Waals surface area contributed by atoms with Crippen LogP contribution in [0.15, 0.2) is 41.0 Å². The highest BCUT2D eigenvalue weighted by atomic mass is 16.3. The lowest BCUT2D eigenvalue weighted by atomic mass is 10.1. The van der Waals surface area contributed by atoms with Crippen LogP contribution in [0.4, 0.5) is 16.2 Å². The average Bonchev–Trinajstić information content (AvgIpc) is 3.20. The molecule has 3 amide bonds. The molecule has 0 aliphatic carbocycles. The molecule has 0 spiro atoms. The molecular formula is C21H30N4O3. The summed E-state index contributed by atoms with van der Waals surface area (Å²) < 4.78 is 5.15. The van der Waals surface area contributed by atoms with Crippen molar-refractivity contribution in [2.75, 3.05) is 30.9 Å². The number of furan rings is 1. The summed E-state index contributed by atoms with van der Waals surface area (Å²) in [7, 11) is 3.92. The molecule has 1 unspecified atom stereocenters. The van der Waals surface area contributed by atoms with Crippen molar-refractivity contribution in [1.82, 2.24) is 10.2 Å². The van der Waals surface area contributed by atoms with Gasteiger partial charge in [0.1, 0.15) is 0 Å². The summed E-state index contributed by atoms with van der Waals surface area (Å²) >= 11 is 0. The van der Waals surface area contributed by atoms with E-state index in [1.54, 1.807) is 12.1 Å². The van der Waals surface area contributed by atoms with Crippen molar-refractivity contribution in [3.8, 4) is 0 Å². The van der Waals surface area contributed by atoms with Gasteiger partial charge >= 0.3 is 6.03 Å². The topological polar surface area (TPSA) is 77.8 Å². The smallest absolute Gasteiger partial charge is 0.317 e. The first-order valence-corrected chi connectivity index (χ1v) is 9.56. The second kappa shape index (κ2) is 9.82. The van der Waals surface area contributed by atoms with Crippen LogP contribution in [0.5, 0.6) is 0 Å². The van der Waals surface area contributed by atoms with Crippen molar-refractivity contribution in [3.05, 3.63) is 47.9 Å². The van der Waals surface area contributed by atoms with Gasteiger partial charge in [-0.05, 0) is 56.2 Å². The predicted molar refractivity (Wildman–Crippen MR) is 112 cm³/mol. The number of amides is 3. The first-order chi connectivity index (χ1) is 13.4. The summed E-state index contributed by atoms with van der Waals surface area (Å²) in [6.45, 7) is 7.02. The van der Waals surface area contributed by atoms with Gasteiger partial charge in [-0.15, -0.1) is 0 Å². The van der Waals surface area contributed by atoms with Crippen molar-refractivity contribution in [2.45, 2.75) is 39.8 Å². The molecule has 152 valence electrons. The Hall–Kier alpha value is -2.96. The average molecular weight is 386 g/mol. The molecule has 1 aromatic carbocycles. The highest BCUT2D eigenvalue weighted by molar-refractivity contribution is 6.02. The molecule has 0 aliphatic heterocycles. The Kier molecular flexibility index (Phi) is 7.49. The van der Waals surface area contributed by atoms with Crippen LogP contribution in [-0.4, -0.2) is 43.5 Å². The quantitative estimate of drug-likeness (QED) is 0.721. The Labute approximate surface area is 166 Å². The van der Waals surface area contributed by atoms with Crippen molar-refractivity contribution in [1.29, 1.82) is 0 Å². The van der Waals surface area contributed by atoms with E-state index in [1.807, 2.05) is 55.9 Å². The zero-order chi connectivity index (χ0) is 20.7. The fourth-order valence-electron chi connectivity index (χ4n) is 2.91. The Morgan fingerprint density at radius 1 is 1.18 bits per heavy atom. The molecule has 7 nitrogen and oxygen atoms in total. The highest BCUT2D eigenvalue weighted by Gasteiger charge is 2.21. The number of rotatable bonds is 8. The van der Waals surface area contributed by atoms with Gasteiger partial charge in [0.15, 0.2) is 5.76 Å². The second-order valence-electron chi connectivity index (χ2n) is 6.89. The summed E-state index contributed by atoms with van der Waals surface area (Å²) in [4.78, 5) is 28.7. The number of benzene rings is 1. The minimum Gasteiger partial charge on any atom is -0.459 e. The molecule has 0 fully saturated rings. The molecule has 2 rings (SSSR count). The maximum Gasteiger partial charge on any atom is 0.317 e. The van der Waals surface area contributed by atoms with Gasteiger partial charge in [0, 0.05) is 44.6 Å². The molecule has 0 bridgehead atoms. The Morgan fingerprint density at radius 2 is 1.93 bits per heavy atom. The predicted octanol–water partition coefficient (Wildman–Crippen LogP) is 3.93. The van der Waals surface area contributed by atoms with E-state index in [2.05, 4.69) is 17.6 Å². The van der Waals surface area contributed by atoms with E-state index < -0.39 is 0 Å². The second-order valence-corrected chi connectivity index (χ2v) is 6.89. The van der Waals surface area contributed by atoms with E-state index in [-0.39, 0.29) is 23.7 Å². The van der Waals surface area contributed by atoms with Gasteiger partial charge in [-0.3, -0.25) is 4.79 Å². The molecule has 28 heavy (non-hydrogen) atoms. The normalized spacial score (nSPS) is 11.6. The lowest BCUT2D eigenvalue weighted by Gasteiger charge is -2.30. The lowest BCUT2D eigenvalue weighted by Crippen LogP contribution is -2.44. The lowest BCUT2D eigenvalue weighted by molar-refractivity contribution is 0.0996. The number of carbonyl (C=O) groups is 2. The molecule has 1 heterocycles. The number of carbonyl (C=O) groups excluding carboxylic acids is 2. The maximum absolute atomic E-state index is 12.6. The summed E-state index contributed by atoms with van der Waals surface area (Å²) in [5.74, 6) is -0.0575. The van der Waals surface area contributed by atoms with E-state index in [4.69, 9.17) is 4.42 Å². The van der Waals surface area contributed by atoms with Crippen molar-refractivity contribution in [3.63, 3.8) is 0 Å². The van der Waals surface area contributed by atoms with Gasteiger partial charge < -0.3 is 24.9 Å². The van der Waals surface area contributed by atoms with Crippen molar-refractivity contribution < 1.29 is 14.0 Å². The SMILES string of the molecule is CCNC(=O)N(Cc1cc(NC(=O)c2ccco2)ccc1N(C)C)C(C)CC. The standard InChI is InChI=1S/C21H30N4O3/c1-6-15(3)25(21(27)22-7-2)14-16-13-17(10-11-18(16)24(4)5)23-20(26)19-9-8-12-28-19/h8-13,15H,6-7,14H2,1-5H3,(H,22,27)(H,23,26). The van der Waals surface area contributed by atoms with Gasteiger partial charge in [0.25, 0.3) is 5.91 Å².